The predicted molar refractivity (Wildman–Crippen MR) is 71.0 cm³/mol. The third-order valence-corrected chi connectivity index (χ3v) is 3.39. The number of carboxylic acid groups (broad SMARTS) is 1. The molecule has 1 atom stereocenters. The molecule has 9 heteroatoms. The van der Waals surface area contributed by atoms with Crippen LogP contribution < -0.4 is 5.32 Å². The number of nitrogens with zero attached hydrogens (tertiary/aromatic N) is 1. The van der Waals surface area contributed by atoms with E-state index in [1.807, 2.05) is 0 Å². The van der Waals surface area contributed by atoms with E-state index in [1.165, 1.54) is 17.7 Å². The van der Waals surface area contributed by atoms with E-state index in [0.717, 1.165) is 7.11 Å². The molecule has 2 N–H and O–H groups in total. The van der Waals surface area contributed by atoms with E-state index >= 15 is 0 Å². The van der Waals surface area contributed by atoms with Crippen LogP contribution in [0.5, 0.6) is 0 Å². The van der Waals surface area contributed by atoms with Crippen molar-refractivity contribution in [1.82, 2.24) is 9.88 Å². The Morgan fingerprint density at radius 2 is 2.05 bits per heavy atom. The van der Waals surface area contributed by atoms with Gasteiger partial charge in [0, 0.05) is 7.05 Å². The normalized spacial score (nSPS) is 11.8. The molecule has 1 heterocycles. The number of aromatic nitrogens is 1. The molecule has 20 heavy (non-hydrogen) atoms. The maximum absolute atomic E-state index is 12.0. The number of carboxylic acids is 1. The molecular weight excluding hydrogens is 311 g/mol. The first-order valence-corrected chi connectivity index (χ1v) is 6.14. The van der Waals surface area contributed by atoms with Crippen molar-refractivity contribution in [2.75, 3.05) is 7.11 Å². The van der Waals surface area contributed by atoms with Gasteiger partial charge < -0.3 is 19.7 Å². The van der Waals surface area contributed by atoms with Crippen molar-refractivity contribution < 1.29 is 24.2 Å². The minimum absolute atomic E-state index is 0.0797. The highest BCUT2D eigenvalue weighted by Crippen LogP contribution is 2.25. The molecule has 0 saturated carbocycles. The lowest BCUT2D eigenvalue weighted by molar-refractivity contribution is -0.147. The number of esters is 1. The van der Waals surface area contributed by atoms with Crippen LogP contribution in [0.3, 0.4) is 0 Å². The maximum Gasteiger partial charge on any atom is 0.326 e. The quantitative estimate of drug-likeness (QED) is 0.790. The zero-order valence-corrected chi connectivity index (χ0v) is 12.2. The number of halogens is 2. The van der Waals surface area contributed by atoms with Gasteiger partial charge in [0.15, 0.2) is 0 Å². The van der Waals surface area contributed by atoms with E-state index in [0.29, 0.717) is 0 Å². The van der Waals surface area contributed by atoms with Gasteiger partial charge in [-0.2, -0.15) is 0 Å². The number of rotatable bonds is 5. The molecule has 110 valence electrons. The van der Waals surface area contributed by atoms with E-state index in [-0.39, 0.29) is 15.9 Å². The fourth-order valence-corrected chi connectivity index (χ4v) is 1.82. The Morgan fingerprint density at radius 1 is 1.45 bits per heavy atom. The summed E-state index contributed by atoms with van der Waals surface area (Å²) in [5.74, 6) is -2.81. The monoisotopic (exact) mass is 322 g/mol. The lowest BCUT2D eigenvalue weighted by Crippen LogP contribution is -2.42. The standard InChI is InChI=1S/C11H12Cl2N2O5/c1-15-7(3-5(12)9(15)13)10(17)14-6(11(18)19)4-8(16)20-2/h3,6H,4H2,1-2H3,(H,14,17)(H,18,19)/t6-/m0/s1. The van der Waals surface area contributed by atoms with Crippen molar-refractivity contribution in [1.29, 1.82) is 0 Å². The van der Waals surface area contributed by atoms with Crippen molar-refractivity contribution in [3.05, 3.63) is 21.9 Å². The molecule has 0 unspecified atom stereocenters. The molecule has 0 aliphatic heterocycles. The van der Waals surface area contributed by atoms with Crippen molar-refractivity contribution in [3.8, 4) is 0 Å². The van der Waals surface area contributed by atoms with Crippen LogP contribution in [-0.4, -0.2) is 40.7 Å². The van der Waals surface area contributed by atoms with E-state index in [2.05, 4.69) is 10.1 Å². The Hall–Kier alpha value is -1.73. The molecule has 0 fully saturated rings. The van der Waals surface area contributed by atoms with Crippen molar-refractivity contribution >= 4 is 41.0 Å². The van der Waals surface area contributed by atoms with Crippen molar-refractivity contribution in [2.45, 2.75) is 12.5 Å². The summed E-state index contributed by atoms with van der Waals surface area (Å²) in [6.07, 6.45) is -0.483. The topological polar surface area (TPSA) is 97.6 Å². The van der Waals surface area contributed by atoms with E-state index < -0.39 is 30.3 Å². The minimum atomic E-state index is -1.40. The SMILES string of the molecule is COC(=O)C[C@H](NC(=O)c1cc(Cl)c(Cl)n1C)C(=O)O. The second kappa shape index (κ2) is 6.62. The Kier molecular flexibility index (Phi) is 5.41. The second-order valence-corrected chi connectivity index (χ2v) is 4.64. The summed E-state index contributed by atoms with van der Waals surface area (Å²) in [5, 5.41) is 11.5. The Bertz CT molecular complexity index is 555. The fraction of sp³-hybridized carbons (Fsp3) is 0.364. The second-order valence-electron chi connectivity index (χ2n) is 3.87. The molecule has 7 nitrogen and oxygen atoms in total. The zero-order valence-electron chi connectivity index (χ0n) is 10.6. The number of methoxy groups -OCH3 is 1. The van der Waals surface area contributed by atoms with Crippen molar-refractivity contribution in [3.63, 3.8) is 0 Å². The largest absolute Gasteiger partial charge is 0.480 e. The molecule has 1 amide bonds. The van der Waals surface area contributed by atoms with Gasteiger partial charge in [-0.05, 0) is 6.07 Å². The van der Waals surface area contributed by atoms with Gasteiger partial charge >= 0.3 is 11.9 Å². The van der Waals surface area contributed by atoms with Crippen LogP contribution in [0.25, 0.3) is 0 Å². The van der Waals surface area contributed by atoms with Crippen LogP contribution in [0.15, 0.2) is 6.07 Å². The van der Waals surface area contributed by atoms with Crippen molar-refractivity contribution in [2.24, 2.45) is 7.05 Å². The molecule has 1 aromatic rings. The Labute approximate surface area is 124 Å². The number of nitrogens with one attached hydrogen (secondary N) is 1. The first kappa shape index (κ1) is 16.3. The first-order chi connectivity index (χ1) is 9.27. The van der Waals surface area contributed by atoms with Gasteiger partial charge in [-0.3, -0.25) is 9.59 Å². The van der Waals surface area contributed by atoms with E-state index in [4.69, 9.17) is 28.3 Å². The summed E-state index contributed by atoms with van der Waals surface area (Å²) in [6, 6.07) is -0.0987. The average Bonchev–Trinajstić information content (AvgIpc) is 2.65. The molecular formula is C11H12Cl2N2O5. The van der Waals surface area contributed by atoms with Crippen LogP contribution in [-0.2, 0) is 21.4 Å². The molecule has 0 bridgehead atoms. The van der Waals surface area contributed by atoms with Gasteiger partial charge in [-0.15, -0.1) is 0 Å². The molecule has 0 aliphatic rings. The van der Waals surface area contributed by atoms with Crippen LogP contribution in [0.1, 0.15) is 16.9 Å². The summed E-state index contributed by atoms with van der Waals surface area (Å²) < 4.78 is 5.67. The Balaban J connectivity index is 2.88. The molecule has 1 aromatic heterocycles. The number of amides is 1. The average molecular weight is 323 g/mol. The number of carbonyl (C=O) groups excluding carboxylic acids is 2. The third kappa shape index (κ3) is 3.64. The molecule has 0 radical (unpaired) electrons. The fourth-order valence-electron chi connectivity index (χ4n) is 1.44. The predicted octanol–water partition coefficient (Wildman–Crippen LogP) is 1.08. The van der Waals surface area contributed by atoms with Gasteiger partial charge in [-0.1, -0.05) is 23.2 Å². The summed E-state index contributed by atoms with van der Waals surface area (Å²) >= 11 is 11.6. The Morgan fingerprint density at radius 3 is 2.45 bits per heavy atom. The first-order valence-electron chi connectivity index (χ1n) is 5.39. The smallest absolute Gasteiger partial charge is 0.326 e. The number of aliphatic carboxylic acids is 1. The van der Waals surface area contributed by atoms with Gasteiger partial charge in [0.1, 0.15) is 16.9 Å². The van der Waals surface area contributed by atoms with Crippen LogP contribution in [0.2, 0.25) is 10.2 Å². The lowest BCUT2D eigenvalue weighted by atomic mass is 10.2. The maximum atomic E-state index is 12.0. The van der Waals surface area contributed by atoms with Crippen LogP contribution in [0.4, 0.5) is 0 Å². The minimum Gasteiger partial charge on any atom is -0.480 e. The molecule has 1 rings (SSSR count). The number of hydrogen-bond acceptors (Lipinski definition) is 4. The number of ether oxygens (including phenoxy) is 1. The van der Waals surface area contributed by atoms with Crippen LogP contribution >= 0.6 is 23.2 Å². The summed E-state index contributed by atoms with van der Waals surface area (Å²) in [7, 11) is 2.62. The van der Waals surface area contributed by atoms with E-state index in [9.17, 15) is 14.4 Å². The molecule has 0 saturated heterocycles. The van der Waals surface area contributed by atoms with Gasteiger partial charge in [-0.25, -0.2) is 4.79 Å². The highest BCUT2D eigenvalue weighted by molar-refractivity contribution is 6.41. The molecule has 0 aromatic carbocycles. The highest BCUT2D eigenvalue weighted by Gasteiger charge is 2.26. The number of hydrogen-bond donors (Lipinski definition) is 2. The van der Waals surface area contributed by atoms with Gasteiger partial charge in [0.25, 0.3) is 5.91 Å². The summed E-state index contributed by atoms with van der Waals surface area (Å²) in [4.78, 5) is 34.0. The molecule has 0 aliphatic carbocycles. The highest BCUT2D eigenvalue weighted by atomic mass is 35.5. The summed E-state index contributed by atoms with van der Waals surface area (Å²) in [5.41, 5.74) is 0.0797. The van der Waals surface area contributed by atoms with Gasteiger partial charge in [0.2, 0.25) is 0 Å². The lowest BCUT2D eigenvalue weighted by Gasteiger charge is -2.13. The van der Waals surface area contributed by atoms with E-state index in [1.54, 1.807) is 0 Å². The summed E-state index contributed by atoms with van der Waals surface area (Å²) in [6.45, 7) is 0. The van der Waals surface area contributed by atoms with Crippen LogP contribution in [0, 0.1) is 0 Å². The number of carbonyl (C=O) groups is 3. The van der Waals surface area contributed by atoms with Gasteiger partial charge in [0.05, 0.1) is 18.6 Å². The zero-order chi connectivity index (χ0) is 15.4. The third-order valence-electron chi connectivity index (χ3n) is 2.55. The molecule has 0 spiro atoms.